The second kappa shape index (κ2) is 6.06. The summed E-state index contributed by atoms with van der Waals surface area (Å²) in [6.45, 7) is 0.964. The summed E-state index contributed by atoms with van der Waals surface area (Å²) < 4.78 is 3.07. The van der Waals surface area contributed by atoms with E-state index in [9.17, 15) is 0 Å². The van der Waals surface area contributed by atoms with E-state index in [4.69, 9.17) is 5.10 Å². The Labute approximate surface area is 148 Å². The molecule has 2 heterocycles. The van der Waals surface area contributed by atoms with Crippen LogP contribution in [0.2, 0.25) is 0 Å². The topological polar surface area (TPSA) is 29.9 Å². The molecule has 0 unspecified atom stereocenters. The number of thioether (sulfide) groups is 1. The molecule has 4 rings (SSSR count). The van der Waals surface area contributed by atoms with Crippen LogP contribution in [-0.2, 0) is 6.42 Å². The molecule has 1 aliphatic rings. The molecule has 116 valence electrons. The summed E-state index contributed by atoms with van der Waals surface area (Å²) in [5, 5.41) is 8.45. The maximum atomic E-state index is 4.95. The van der Waals surface area contributed by atoms with Gasteiger partial charge in [-0.3, -0.25) is 0 Å². The third kappa shape index (κ3) is 2.48. The Hall–Kier alpha value is -1.72. The van der Waals surface area contributed by atoms with Crippen molar-refractivity contribution in [3.63, 3.8) is 0 Å². The molecule has 2 aromatic carbocycles. The minimum Gasteiger partial charge on any atom is -0.369 e. The zero-order valence-corrected chi connectivity index (χ0v) is 15.1. The van der Waals surface area contributed by atoms with Gasteiger partial charge in [0.1, 0.15) is 5.82 Å². The zero-order valence-electron chi connectivity index (χ0n) is 12.7. The highest BCUT2D eigenvalue weighted by atomic mass is 79.9. The molecule has 23 heavy (non-hydrogen) atoms. The van der Waals surface area contributed by atoms with Crippen LogP contribution in [0.5, 0.6) is 0 Å². The molecule has 0 atom stereocenters. The van der Waals surface area contributed by atoms with Crippen molar-refractivity contribution in [1.29, 1.82) is 0 Å². The van der Waals surface area contributed by atoms with Crippen molar-refractivity contribution in [2.24, 2.45) is 0 Å². The molecular formula is C18H16BrN3S. The molecule has 3 nitrogen and oxygen atoms in total. The van der Waals surface area contributed by atoms with E-state index in [1.54, 1.807) is 11.8 Å². The standard InChI is InChI=1S/C18H16BrN3S/c1-23-16-9-5-2-6-12(16)17-13-10-11-20-18(13)22(21-17)15-8-4-3-7-14(15)19/h2-9,20H,10-11H2,1H3. The number of benzene rings is 2. The number of fused-ring (bicyclic) bond motifs is 1. The monoisotopic (exact) mass is 385 g/mol. The van der Waals surface area contributed by atoms with Crippen molar-refractivity contribution < 1.29 is 0 Å². The Balaban J connectivity index is 1.94. The molecule has 1 aromatic heterocycles. The van der Waals surface area contributed by atoms with E-state index in [-0.39, 0.29) is 0 Å². The summed E-state index contributed by atoms with van der Waals surface area (Å²) in [6.07, 6.45) is 3.12. The number of nitrogens with one attached hydrogen (secondary N) is 1. The number of halogens is 1. The molecule has 0 radical (unpaired) electrons. The second-order valence-corrected chi connectivity index (χ2v) is 7.12. The van der Waals surface area contributed by atoms with E-state index in [1.807, 2.05) is 22.9 Å². The van der Waals surface area contributed by atoms with Crippen molar-refractivity contribution >= 4 is 33.5 Å². The van der Waals surface area contributed by atoms with E-state index in [2.05, 4.69) is 57.8 Å². The molecule has 0 aliphatic carbocycles. The van der Waals surface area contributed by atoms with Crippen LogP contribution in [0, 0.1) is 0 Å². The molecular weight excluding hydrogens is 370 g/mol. The second-order valence-electron chi connectivity index (χ2n) is 5.42. The Bertz CT molecular complexity index is 872. The lowest BCUT2D eigenvalue weighted by Gasteiger charge is -2.08. The molecule has 1 aliphatic heterocycles. The fraction of sp³-hybridized carbons (Fsp3) is 0.167. The van der Waals surface area contributed by atoms with Gasteiger partial charge in [-0.25, -0.2) is 4.68 Å². The maximum Gasteiger partial charge on any atom is 0.133 e. The summed E-state index contributed by atoms with van der Waals surface area (Å²) >= 11 is 5.41. The minimum atomic E-state index is 0.964. The molecule has 3 aromatic rings. The largest absolute Gasteiger partial charge is 0.369 e. The summed E-state index contributed by atoms with van der Waals surface area (Å²) in [4.78, 5) is 1.26. The van der Waals surface area contributed by atoms with Crippen LogP contribution >= 0.6 is 27.7 Å². The summed E-state index contributed by atoms with van der Waals surface area (Å²) in [6, 6.07) is 16.7. The van der Waals surface area contributed by atoms with Gasteiger partial charge in [-0.1, -0.05) is 30.3 Å². The van der Waals surface area contributed by atoms with Crippen LogP contribution < -0.4 is 5.32 Å². The first-order chi connectivity index (χ1) is 11.3. The Morgan fingerprint density at radius 3 is 2.74 bits per heavy atom. The highest BCUT2D eigenvalue weighted by molar-refractivity contribution is 9.10. The van der Waals surface area contributed by atoms with Crippen LogP contribution in [0.3, 0.4) is 0 Å². The highest BCUT2D eigenvalue weighted by Gasteiger charge is 2.25. The Morgan fingerprint density at radius 2 is 1.91 bits per heavy atom. The van der Waals surface area contributed by atoms with Crippen molar-refractivity contribution in [1.82, 2.24) is 9.78 Å². The van der Waals surface area contributed by atoms with Crippen molar-refractivity contribution in [2.75, 3.05) is 18.1 Å². The number of nitrogens with zero attached hydrogens (tertiary/aromatic N) is 2. The Kier molecular flexibility index (Phi) is 3.91. The molecule has 0 fully saturated rings. The zero-order chi connectivity index (χ0) is 15.8. The SMILES string of the molecule is CSc1ccccc1-c1nn(-c2ccccc2Br)c2c1CCN2. The molecule has 0 amide bonds. The van der Waals surface area contributed by atoms with E-state index in [1.165, 1.54) is 16.0 Å². The lowest BCUT2D eigenvalue weighted by atomic mass is 10.1. The number of hydrogen-bond donors (Lipinski definition) is 1. The van der Waals surface area contributed by atoms with Crippen LogP contribution in [0.4, 0.5) is 5.82 Å². The van der Waals surface area contributed by atoms with Crippen molar-refractivity contribution in [3.8, 4) is 16.9 Å². The fourth-order valence-corrected chi connectivity index (χ4v) is 4.08. The molecule has 1 N–H and O–H groups in total. The van der Waals surface area contributed by atoms with E-state index >= 15 is 0 Å². The first-order valence-corrected chi connectivity index (χ1v) is 9.55. The fourth-order valence-electron chi connectivity index (χ4n) is 3.03. The lowest BCUT2D eigenvalue weighted by molar-refractivity contribution is 0.877. The highest BCUT2D eigenvalue weighted by Crippen LogP contribution is 2.39. The summed E-state index contributed by atoms with van der Waals surface area (Å²) in [5.41, 5.74) is 4.67. The first kappa shape index (κ1) is 14.8. The Morgan fingerprint density at radius 1 is 1.13 bits per heavy atom. The molecule has 5 heteroatoms. The number of anilines is 1. The third-order valence-electron chi connectivity index (χ3n) is 4.09. The molecule has 0 saturated carbocycles. The van der Waals surface area contributed by atoms with Gasteiger partial charge >= 0.3 is 0 Å². The number of hydrogen-bond acceptors (Lipinski definition) is 3. The van der Waals surface area contributed by atoms with Crippen LogP contribution in [0.15, 0.2) is 57.9 Å². The third-order valence-corrected chi connectivity index (χ3v) is 5.56. The van der Waals surface area contributed by atoms with Gasteiger partial charge < -0.3 is 5.32 Å². The summed E-state index contributed by atoms with van der Waals surface area (Å²) in [5.74, 6) is 1.11. The van der Waals surface area contributed by atoms with E-state index in [0.29, 0.717) is 0 Å². The average molecular weight is 386 g/mol. The average Bonchev–Trinajstić information content (AvgIpc) is 3.18. The van der Waals surface area contributed by atoms with Crippen molar-refractivity contribution in [3.05, 3.63) is 58.6 Å². The smallest absolute Gasteiger partial charge is 0.133 e. The molecule has 0 spiro atoms. The van der Waals surface area contributed by atoms with E-state index < -0.39 is 0 Å². The predicted molar refractivity (Wildman–Crippen MR) is 101 cm³/mol. The molecule has 0 bridgehead atoms. The normalized spacial score (nSPS) is 13.0. The van der Waals surface area contributed by atoms with Gasteiger partial charge in [0.15, 0.2) is 0 Å². The predicted octanol–water partition coefficient (Wildman–Crippen LogP) is 4.99. The van der Waals surface area contributed by atoms with Crippen molar-refractivity contribution in [2.45, 2.75) is 11.3 Å². The van der Waals surface area contributed by atoms with Gasteiger partial charge in [-0.05, 0) is 46.8 Å². The quantitative estimate of drug-likeness (QED) is 0.643. The van der Waals surface area contributed by atoms with Gasteiger partial charge in [0.2, 0.25) is 0 Å². The number of rotatable bonds is 3. The first-order valence-electron chi connectivity index (χ1n) is 7.53. The number of para-hydroxylation sites is 1. The van der Waals surface area contributed by atoms with Crippen LogP contribution in [-0.4, -0.2) is 22.6 Å². The van der Waals surface area contributed by atoms with Crippen LogP contribution in [0.25, 0.3) is 16.9 Å². The van der Waals surface area contributed by atoms with Crippen LogP contribution in [0.1, 0.15) is 5.56 Å². The summed E-state index contributed by atoms with van der Waals surface area (Å²) in [7, 11) is 0. The van der Waals surface area contributed by atoms with Gasteiger partial charge in [0, 0.05) is 27.0 Å². The van der Waals surface area contributed by atoms with Gasteiger partial charge in [-0.2, -0.15) is 5.10 Å². The minimum absolute atomic E-state index is 0.964. The van der Waals surface area contributed by atoms with Gasteiger partial charge in [-0.15, -0.1) is 11.8 Å². The molecule has 0 saturated heterocycles. The van der Waals surface area contributed by atoms with Gasteiger partial charge in [0.05, 0.1) is 11.4 Å². The lowest BCUT2D eigenvalue weighted by Crippen LogP contribution is -2.04. The number of aromatic nitrogens is 2. The van der Waals surface area contributed by atoms with E-state index in [0.717, 1.165) is 34.6 Å². The maximum absolute atomic E-state index is 4.95. The van der Waals surface area contributed by atoms with Gasteiger partial charge in [0.25, 0.3) is 0 Å².